The van der Waals surface area contributed by atoms with Crippen LogP contribution < -0.4 is 9.73 Å². The third-order valence-corrected chi connectivity index (χ3v) is 5.87. The van der Waals surface area contributed by atoms with Gasteiger partial charge in [0.05, 0.1) is 18.2 Å². The van der Waals surface area contributed by atoms with Crippen LogP contribution in [0.1, 0.15) is 5.56 Å². The van der Waals surface area contributed by atoms with Gasteiger partial charge in [0.1, 0.15) is 6.54 Å². The van der Waals surface area contributed by atoms with E-state index in [1.807, 2.05) is 54.6 Å². The summed E-state index contributed by atoms with van der Waals surface area (Å²) in [6.07, 6.45) is 2.57. The summed E-state index contributed by atoms with van der Waals surface area (Å²) in [5.41, 5.74) is 3.62. The minimum absolute atomic E-state index is 0.375. The van der Waals surface area contributed by atoms with E-state index in [-0.39, 0.29) is 6.54 Å². The molecule has 0 fully saturated rings. The van der Waals surface area contributed by atoms with Crippen LogP contribution in [-0.2, 0) is 14.8 Å². The highest BCUT2D eigenvalue weighted by Crippen LogP contribution is 2.28. The number of nitrogens with zero attached hydrogens (tertiary/aromatic N) is 2. The average Bonchev–Trinajstić information content (AvgIpc) is 2.66. The Hall–Kier alpha value is -2.71. The summed E-state index contributed by atoms with van der Waals surface area (Å²) >= 11 is 3.39. The van der Waals surface area contributed by atoms with Crippen molar-refractivity contribution < 1.29 is 13.2 Å². The summed E-state index contributed by atoms with van der Waals surface area (Å²) in [4.78, 5) is 12.3. The summed E-state index contributed by atoms with van der Waals surface area (Å²) in [6.45, 7) is -0.375. The molecule has 28 heavy (non-hydrogen) atoms. The molecule has 1 amide bonds. The Balaban J connectivity index is 1.82. The highest BCUT2D eigenvalue weighted by atomic mass is 79.9. The molecule has 0 saturated heterocycles. The minimum Gasteiger partial charge on any atom is -0.271 e. The summed E-state index contributed by atoms with van der Waals surface area (Å²) in [6, 6.07) is 20.2. The molecule has 0 bridgehead atoms. The van der Waals surface area contributed by atoms with E-state index in [2.05, 4.69) is 26.5 Å². The number of rotatable bonds is 6. The molecule has 0 radical (unpaired) electrons. The van der Waals surface area contributed by atoms with Crippen molar-refractivity contribution in [1.82, 2.24) is 5.43 Å². The van der Waals surface area contributed by atoms with Crippen LogP contribution in [0.2, 0.25) is 0 Å². The summed E-state index contributed by atoms with van der Waals surface area (Å²) < 4.78 is 26.6. The number of halogens is 1. The zero-order valence-electron chi connectivity index (χ0n) is 15.0. The second-order valence-electron chi connectivity index (χ2n) is 6.08. The molecular weight excluding hydrogens is 442 g/mol. The third kappa shape index (κ3) is 4.76. The van der Waals surface area contributed by atoms with Crippen molar-refractivity contribution in [2.24, 2.45) is 5.10 Å². The van der Waals surface area contributed by atoms with Crippen LogP contribution in [0.5, 0.6) is 0 Å². The van der Waals surface area contributed by atoms with Gasteiger partial charge in [0.25, 0.3) is 5.91 Å². The van der Waals surface area contributed by atoms with Crippen LogP contribution in [0.3, 0.4) is 0 Å². The van der Waals surface area contributed by atoms with Gasteiger partial charge in [-0.2, -0.15) is 5.10 Å². The molecule has 0 atom stereocenters. The number of sulfonamides is 1. The van der Waals surface area contributed by atoms with Gasteiger partial charge in [-0.25, -0.2) is 13.8 Å². The molecule has 0 heterocycles. The van der Waals surface area contributed by atoms with Gasteiger partial charge in [0, 0.05) is 15.4 Å². The topological polar surface area (TPSA) is 78.8 Å². The molecule has 3 rings (SSSR count). The maximum absolute atomic E-state index is 12.4. The van der Waals surface area contributed by atoms with E-state index in [1.54, 1.807) is 12.1 Å². The monoisotopic (exact) mass is 459 g/mol. The first-order valence-electron chi connectivity index (χ1n) is 8.38. The number of anilines is 1. The zero-order valence-corrected chi connectivity index (χ0v) is 17.4. The van der Waals surface area contributed by atoms with Crippen LogP contribution in [0, 0.1) is 0 Å². The fraction of sp³-hybridized carbons (Fsp3) is 0.100. The number of nitrogens with one attached hydrogen (secondary N) is 1. The smallest absolute Gasteiger partial charge is 0.260 e. The molecule has 0 aliphatic rings. The molecule has 3 aromatic rings. The van der Waals surface area contributed by atoms with Crippen molar-refractivity contribution in [3.8, 4) is 0 Å². The van der Waals surface area contributed by atoms with E-state index < -0.39 is 15.9 Å². The highest BCUT2D eigenvalue weighted by molar-refractivity contribution is 9.10. The average molecular weight is 460 g/mol. The second kappa shape index (κ2) is 8.53. The van der Waals surface area contributed by atoms with Crippen LogP contribution in [-0.4, -0.2) is 33.3 Å². The molecule has 3 aromatic carbocycles. The van der Waals surface area contributed by atoms with Crippen molar-refractivity contribution in [3.05, 3.63) is 76.8 Å². The van der Waals surface area contributed by atoms with Crippen LogP contribution >= 0.6 is 15.9 Å². The standard InChI is InChI=1S/C20H18BrN3O3S/c1-28(26,27)24(19-12-6-9-15-7-2-4-10-17(15)19)14-20(25)23-22-13-16-8-3-5-11-18(16)21/h2-13H,14H2,1H3,(H,23,25)/b22-13+. The summed E-state index contributed by atoms with van der Waals surface area (Å²) in [5.74, 6) is -0.540. The number of hydrogen-bond donors (Lipinski definition) is 1. The van der Waals surface area contributed by atoms with Gasteiger partial charge in [-0.3, -0.25) is 9.10 Å². The second-order valence-corrected chi connectivity index (χ2v) is 8.84. The molecular formula is C20H18BrN3O3S. The Kier molecular flexibility index (Phi) is 6.11. The van der Waals surface area contributed by atoms with Gasteiger partial charge in [-0.1, -0.05) is 70.5 Å². The fourth-order valence-corrected chi connectivity index (χ4v) is 3.98. The molecule has 0 saturated carbocycles. The SMILES string of the molecule is CS(=O)(=O)N(CC(=O)N/N=C/c1ccccc1Br)c1cccc2ccccc12. The normalized spacial score (nSPS) is 11.6. The van der Waals surface area contributed by atoms with Crippen molar-refractivity contribution in [2.75, 3.05) is 17.1 Å². The number of hydrogen-bond acceptors (Lipinski definition) is 4. The third-order valence-electron chi connectivity index (χ3n) is 4.02. The lowest BCUT2D eigenvalue weighted by Crippen LogP contribution is -2.39. The predicted octanol–water partition coefficient (Wildman–Crippen LogP) is 3.52. The maximum atomic E-state index is 12.4. The molecule has 0 aliphatic carbocycles. The van der Waals surface area contributed by atoms with Crippen molar-refractivity contribution in [3.63, 3.8) is 0 Å². The molecule has 0 spiro atoms. The Labute approximate surface area is 172 Å². The molecule has 1 N–H and O–H groups in total. The predicted molar refractivity (Wildman–Crippen MR) is 116 cm³/mol. The first kappa shape index (κ1) is 20.0. The van der Waals surface area contributed by atoms with Crippen LogP contribution in [0.15, 0.2) is 76.3 Å². The lowest BCUT2D eigenvalue weighted by atomic mass is 10.1. The van der Waals surface area contributed by atoms with Crippen molar-refractivity contribution in [2.45, 2.75) is 0 Å². The van der Waals surface area contributed by atoms with Gasteiger partial charge in [0.15, 0.2) is 0 Å². The fourth-order valence-electron chi connectivity index (χ4n) is 2.73. The zero-order chi connectivity index (χ0) is 20.1. The minimum atomic E-state index is -3.68. The van der Waals surface area contributed by atoms with E-state index >= 15 is 0 Å². The largest absolute Gasteiger partial charge is 0.271 e. The van der Waals surface area contributed by atoms with Gasteiger partial charge in [-0.05, 0) is 17.5 Å². The number of carbonyl (C=O) groups is 1. The number of benzene rings is 3. The van der Waals surface area contributed by atoms with Crippen molar-refractivity contribution in [1.29, 1.82) is 0 Å². The van der Waals surface area contributed by atoms with E-state index in [1.165, 1.54) is 6.21 Å². The lowest BCUT2D eigenvalue weighted by molar-refractivity contribution is -0.119. The van der Waals surface area contributed by atoms with Crippen LogP contribution in [0.4, 0.5) is 5.69 Å². The van der Waals surface area contributed by atoms with Gasteiger partial charge < -0.3 is 0 Å². The lowest BCUT2D eigenvalue weighted by Gasteiger charge is -2.23. The molecule has 0 unspecified atom stereocenters. The summed E-state index contributed by atoms with van der Waals surface area (Å²) in [7, 11) is -3.68. The Morgan fingerprint density at radius 3 is 2.50 bits per heavy atom. The van der Waals surface area contributed by atoms with Gasteiger partial charge in [-0.15, -0.1) is 0 Å². The van der Waals surface area contributed by atoms with E-state index in [9.17, 15) is 13.2 Å². The number of hydrazone groups is 1. The first-order chi connectivity index (χ1) is 13.4. The molecule has 0 aliphatic heterocycles. The van der Waals surface area contributed by atoms with Crippen molar-refractivity contribution >= 4 is 54.5 Å². The van der Waals surface area contributed by atoms with E-state index in [0.717, 1.165) is 31.4 Å². The number of amides is 1. The first-order valence-corrected chi connectivity index (χ1v) is 11.0. The van der Waals surface area contributed by atoms with E-state index in [0.29, 0.717) is 5.69 Å². The number of carbonyl (C=O) groups excluding carboxylic acids is 1. The molecule has 144 valence electrons. The summed E-state index contributed by atoms with van der Waals surface area (Å²) in [5, 5.41) is 5.56. The number of fused-ring (bicyclic) bond motifs is 1. The Morgan fingerprint density at radius 2 is 1.75 bits per heavy atom. The molecule has 0 aromatic heterocycles. The van der Waals surface area contributed by atoms with Crippen LogP contribution in [0.25, 0.3) is 10.8 Å². The quantitative estimate of drug-likeness (QED) is 0.452. The maximum Gasteiger partial charge on any atom is 0.260 e. The molecule has 6 nitrogen and oxygen atoms in total. The van der Waals surface area contributed by atoms with Gasteiger partial charge in [0.2, 0.25) is 10.0 Å². The van der Waals surface area contributed by atoms with E-state index in [4.69, 9.17) is 0 Å². The Bertz CT molecular complexity index is 1140. The van der Waals surface area contributed by atoms with Gasteiger partial charge >= 0.3 is 0 Å². The molecule has 8 heteroatoms. The Morgan fingerprint density at radius 1 is 1.07 bits per heavy atom. The highest BCUT2D eigenvalue weighted by Gasteiger charge is 2.22.